The van der Waals surface area contributed by atoms with Crippen molar-refractivity contribution < 1.29 is 4.74 Å². The number of hydrogen-bond donors (Lipinski definition) is 0. The molecule has 0 aromatic heterocycles. The highest BCUT2D eigenvalue weighted by Crippen LogP contribution is 2.51. The van der Waals surface area contributed by atoms with Crippen molar-refractivity contribution in [2.24, 2.45) is 0 Å². The van der Waals surface area contributed by atoms with Crippen LogP contribution in [0, 0.1) is 13.8 Å². The Kier molecular flexibility index (Phi) is 5.13. The molecule has 1 heterocycles. The van der Waals surface area contributed by atoms with Gasteiger partial charge in [0.25, 0.3) is 0 Å². The van der Waals surface area contributed by atoms with Crippen molar-refractivity contribution in [2.45, 2.75) is 43.4 Å². The highest BCUT2D eigenvalue weighted by molar-refractivity contribution is 7.99. The Bertz CT molecular complexity index is 898. The fraction of sp³-hybridized carbons (Fsp3) is 0.250. The molecule has 2 nitrogen and oxygen atoms in total. The number of unbranched alkanes of at least 4 members (excludes halogenated alkanes) is 1. The van der Waals surface area contributed by atoms with E-state index in [2.05, 4.69) is 86.3 Å². The van der Waals surface area contributed by atoms with Crippen LogP contribution in [0.15, 0.2) is 70.5 Å². The SMILES string of the molecule is CCCCOc1ccc(N2c3ccc(C)cc3Sc3cc(C)ccc32)cc1. The molecule has 0 saturated carbocycles. The molecule has 0 bridgehead atoms. The minimum Gasteiger partial charge on any atom is -0.494 e. The third kappa shape index (κ3) is 3.70. The Morgan fingerprint density at radius 3 is 1.96 bits per heavy atom. The summed E-state index contributed by atoms with van der Waals surface area (Å²) >= 11 is 1.86. The largest absolute Gasteiger partial charge is 0.494 e. The number of ether oxygens (including phenoxy) is 1. The molecule has 27 heavy (non-hydrogen) atoms. The summed E-state index contributed by atoms with van der Waals surface area (Å²) in [5.74, 6) is 0.937. The van der Waals surface area contributed by atoms with Crippen molar-refractivity contribution >= 4 is 28.8 Å². The molecule has 0 aliphatic carbocycles. The van der Waals surface area contributed by atoms with Crippen LogP contribution >= 0.6 is 11.8 Å². The lowest BCUT2D eigenvalue weighted by molar-refractivity contribution is 0.309. The van der Waals surface area contributed by atoms with Gasteiger partial charge in [-0.15, -0.1) is 0 Å². The van der Waals surface area contributed by atoms with Crippen molar-refractivity contribution in [3.05, 3.63) is 71.8 Å². The van der Waals surface area contributed by atoms with Crippen molar-refractivity contribution in [3.8, 4) is 5.75 Å². The second-order valence-corrected chi connectivity index (χ2v) is 8.16. The third-order valence-electron chi connectivity index (χ3n) is 4.79. The molecule has 0 saturated heterocycles. The smallest absolute Gasteiger partial charge is 0.119 e. The van der Waals surface area contributed by atoms with Gasteiger partial charge in [0.15, 0.2) is 0 Å². The van der Waals surface area contributed by atoms with E-state index in [9.17, 15) is 0 Å². The van der Waals surface area contributed by atoms with Crippen molar-refractivity contribution in [1.82, 2.24) is 0 Å². The molecule has 0 N–H and O–H groups in total. The molecule has 0 amide bonds. The molecule has 1 aliphatic rings. The molecule has 3 heteroatoms. The molecular formula is C24H25NOS. The third-order valence-corrected chi connectivity index (χ3v) is 5.89. The Balaban J connectivity index is 1.73. The van der Waals surface area contributed by atoms with Crippen LogP contribution in [0.4, 0.5) is 17.1 Å². The fourth-order valence-corrected chi connectivity index (χ4v) is 4.58. The number of anilines is 3. The van der Waals surface area contributed by atoms with Gasteiger partial charge in [0, 0.05) is 15.5 Å². The van der Waals surface area contributed by atoms with Gasteiger partial charge < -0.3 is 9.64 Å². The minimum atomic E-state index is 0.778. The first-order chi connectivity index (χ1) is 13.2. The zero-order valence-electron chi connectivity index (χ0n) is 16.2. The van der Waals surface area contributed by atoms with Crippen LogP contribution in [0.1, 0.15) is 30.9 Å². The zero-order chi connectivity index (χ0) is 18.8. The summed E-state index contributed by atoms with van der Waals surface area (Å²) < 4.78 is 5.84. The first kappa shape index (κ1) is 18.0. The van der Waals surface area contributed by atoms with Gasteiger partial charge in [-0.05, 0) is 79.9 Å². The van der Waals surface area contributed by atoms with E-state index in [4.69, 9.17) is 4.74 Å². The van der Waals surface area contributed by atoms with E-state index in [1.165, 1.54) is 32.3 Å². The zero-order valence-corrected chi connectivity index (χ0v) is 17.0. The summed E-state index contributed by atoms with van der Waals surface area (Å²) in [6.45, 7) is 7.26. The molecule has 0 spiro atoms. The van der Waals surface area contributed by atoms with Crippen LogP contribution in [0.2, 0.25) is 0 Å². The first-order valence-corrected chi connectivity index (χ1v) is 10.4. The highest BCUT2D eigenvalue weighted by Gasteiger charge is 2.24. The van der Waals surface area contributed by atoms with Crippen LogP contribution in [-0.4, -0.2) is 6.61 Å². The number of benzene rings is 3. The second kappa shape index (κ2) is 7.69. The van der Waals surface area contributed by atoms with E-state index >= 15 is 0 Å². The van der Waals surface area contributed by atoms with E-state index in [1.54, 1.807) is 0 Å². The monoisotopic (exact) mass is 375 g/mol. The molecular weight excluding hydrogens is 350 g/mol. The summed E-state index contributed by atoms with van der Waals surface area (Å²) in [6, 6.07) is 21.9. The molecule has 3 aromatic rings. The average Bonchev–Trinajstić information content (AvgIpc) is 2.67. The molecule has 4 rings (SSSR count). The predicted molar refractivity (Wildman–Crippen MR) is 115 cm³/mol. The normalized spacial score (nSPS) is 12.5. The van der Waals surface area contributed by atoms with E-state index < -0.39 is 0 Å². The van der Waals surface area contributed by atoms with Gasteiger partial charge in [0.1, 0.15) is 5.75 Å². The summed E-state index contributed by atoms with van der Waals surface area (Å²) in [7, 11) is 0. The minimum absolute atomic E-state index is 0.778. The van der Waals surface area contributed by atoms with Crippen molar-refractivity contribution in [3.63, 3.8) is 0 Å². The van der Waals surface area contributed by atoms with Crippen LogP contribution in [0.5, 0.6) is 5.75 Å². The quantitative estimate of drug-likeness (QED) is 0.337. The molecule has 138 valence electrons. The van der Waals surface area contributed by atoms with Gasteiger partial charge in [-0.1, -0.05) is 37.2 Å². The molecule has 0 unspecified atom stereocenters. The number of hydrogen-bond acceptors (Lipinski definition) is 3. The Labute approximate surface area is 166 Å². The lowest BCUT2D eigenvalue weighted by Crippen LogP contribution is -2.15. The maximum atomic E-state index is 5.84. The lowest BCUT2D eigenvalue weighted by atomic mass is 10.1. The fourth-order valence-electron chi connectivity index (χ4n) is 3.33. The number of aryl methyl sites for hydroxylation is 2. The van der Waals surface area contributed by atoms with Crippen molar-refractivity contribution in [2.75, 3.05) is 11.5 Å². The second-order valence-electron chi connectivity index (χ2n) is 7.08. The summed E-state index contributed by atoms with van der Waals surface area (Å²) in [6.07, 6.45) is 2.24. The van der Waals surface area contributed by atoms with Crippen LogP contribution < -0.4 is 9.64 Å². The lowest BCUT2D eigenvalue weighted by Gasteiger charge is -2.33. The van der Waals surface area contributed by atoms with E-state index in [0.29, 0.717) is 0 Å². The van der Waals surface area contributed by atoms with Gasteiger partial charge in [0.2, 0.25) is 0 Å². The van der Waals surface area contributed by atoms with Gasteiger partial charge >= 0.3 is 0 Å². The highest BCUT2D eigenvalue weighted by atomic mass is 32.2. The molecule has 1 aliphatic heterocycles. The predicted octanol–water partition coefficient (Wildman–Crippen LogP) is 7.42. The average molecular weight is 376 g/mol. The van der Waals surface area contributed by atoms with Gasteiger partial charge in [-0.25, -0.2) is 0 Å². The first-order valence-electron chi connectivity index (χ1n) is 9.58. The standard InChI is InChI=1S/C24H25NOS/c1-4-5-14-26-20-10-8-19(9-11-20)25-21-12-6-17(2)15-23(21)27-24-16-18(3)7-13-22(24)25/h6-13,15-16H,4-5,14H2,1-3H3. The van der Waals surface area contributed by atoms with Gasteiger partial charge in [-0.2, -0.15) is 0 Å². The Morgan fingerprint density at radius 2 is 1.41 bits per heavy atom. The maximum Gasteiger partial charge on any atom is 0.119 e. The molecule has 0 fully saturated rings. The summed E-state index contributed by atoms with van der Waals surface area (Å²) in [4.78, 5) is 4.96. The van der Waals surface area contributed by atoms with Crippen LogP contribution in [-0.2, 0) is 0 Å². The molecule has 0 atom stereocenters. The number of fused-ring (bicyclic) bond motifs is 2. The topological polar surface area (TPSA) is 12.5 Å². The van der Waals surface area contributed by atoms with Crippen LogP contribution in [0.25, 0.3) is 0 Å². The molecule has 0 radical (unpaired) electrons. The van der Waals surface area contributed by atoms with Gasteiger partial charge in [-0.3, -0.25) is 0 Å². The van der Waals surface area contributed by atoms with E-state index in [-0.39, 0.29) is 0 Å². The Morgan fingerprint density at radius 1 is 0.815 bits per heavy atom. The molecule has 3 aromatic carbocycles. The van der Waals surface area contributed by atoms with E-state index in [1.807, 2.05) is 11.8 Å². The summed E-state index contributed by atoms with van der Waals surface area (Å²) in [5, 5.41) is 0. The van der Waals surface area contributed by atoms with Gasteiger partial charge in [0.05, 0.1) is 18.0 Å². The maximum absolute atomic E-state index is 5.84. The van der Waals surface area contributed by atoms with Crippen LogP contribution in [0.3, 0.4) is 0 Å². The number of rotatable bonds is 5. The summed E-state index contributed by atoms with van der Waals surface area (Å²) in [5.41, 5.74) is 6.21. The Hall–Kier alpha value is -2.39. The number of nitrogens with zero attached hydrogens (tertiary/aromatic N) is 1. The van der Waals surface area contributed by atoms with E-state index in [0.717, 1.165) is 30.9 Å². The van der Waals surface area contributed by atoms with Crippen molar-refractivity contribution in [1.29, 1.82) is 0 Å².